The predicted molar refractivity (Wildman–Crippen MR) is 89.7 cm³/mol. The van der Waals surface area contributed by atoms with Crippen molar-refractivity contribution in [2.75, 3.05) is 14.2 Å². The van der Waals surface area contributed by atoms with Crippen LogP contribution < -0.4 is 4.74 Å². The first-order chi connectivity index (χ1) is 12.8. The third-order valence-corrected chi connectivity index (χ3v) is 4.76. The lowest BCUT2D eigenvalue weighted by Gasteiger charge is -2.31. The van der Waals surface area contributed by atoms with E-state index in [0.717, 1.165) is 38.3 Å². The SMILES string of the molecule is COc1ccc(-n2ncc(C(=O)N(C)C3CCCCC3)c2C(F)(F)F)nn1. The second kappa shape index (κ2) is 7.53. The van der Waals surface area contributed by atoms with Gasteiger partial charge in [-0.2, -0.15) is 18.3 Å². The van der Waals surface area contributed by atoms with Crippen molar-refractivity contribution in [1.29, 1.82) is 0 Å². The summed E-state index contributed by atoms with van der Waals surface area (Å²) in [6, 6.07) is 2.61. The van der Waals surface area contributed by atoms with Gasteiger partial charge in [-0.25, -0.2) is 4.68 Å². The molecule has 0 N–H and O–H groups in total. The molecule has 0 radical (unpaired) electrons. The van der Waals surface area contributed by atoms with Crippen molar-refractivity contribution in [3.8, 4) is 11.7 Å². The van der Waals surface area contributed by atoms with Crippen LogP contribution in [-0.4, -0.2) is 51.0 Å². The molecular weight excluding hydrogens is 363 g/mol. The van der Waals surface area contributed by atoms with Gasteiger partial charge in [-0.3, -0.25) is 4.79 Å². The highest BCUT2D eigenvalue weighted by Gasteiger charge is 2.42. The molecule has 1 aliphatic rings. The van der Waals surface area contributed by atoms with E-state index in [-0.39, 0.29) is 17.7 Å². The van der Waals surface area contributed by atoms with Gasteiger partial charge < -0.3 is 9.64 Å². The number of hydrogen-bond donors (Lipinski definition) is 0. The van der Waals surface area contributed by atoms with E-state index in [0.29, 0.717) is 4.68 Å². The van der Waals surface area contributed by atoms with E-state index >= 15 is 0 Å². The minimum absolute atomic E-state index is 0.0588. The number of carbonyl (C=O) groups excluding carboxylic acids is 1. The van der Waals surface area contributed by atoms with Crippen molar-refractivity contribution in [2.24, 2.45) is 0 Å². The summed E-state index contributed by atoms with van der Waals surface area (Å²) < 4.78 is 46.7. The van der Waals surface area contributed by atoms with Crippen LogP contribution >= 0.6 is 0 Å². The molecule has 0 saturated heterocycles. The predicted octanol–water partition coefficient (Wildman–Crippen LogP) is 3.09. The summed E-state index contributed by atoms with van der Waals surface area (Å²) in [6.45, 7) is 0. The van der Waals surface area contributed by atoms with E-state index < -0.39 is 23.3 Å². The van der Waals surface area contributed by atoms with E-state index in [4.69, 9.17) is 4.74 Å². The van der Waals surface area contributed by atoms with E-state index in [1.54, 1.807) is 7.05 Å². The van der Waals surface area contributed by atoms with Crippen LogP contribution in [0.5, 0.6) is 5.88 Å². The lowest BCUT2D eigenvalue weighted by Crippen LogP contribution is -2.39. The number of aromatic nitrogens is 4. The van der Waals surface area contributed by atoms with Gasteiger partial charge in [0, 0.05) is 19.2 Å². The largest absolute Gasteiger partial charge is 0.480 e. The van der Waals surface area contributed by atoms with Crippen LogP contribution in [0.25, 0.3) is 5.82 Å². The second-order valence-electron chi connectivity index (χ2n) is 6.46. The van der Waals surface area contributed by atoms with Crippen molar-refractivity contribution in [3.63, 3.8) is 0 Å². The van der Waals surface area contributed by atoms with E-state index in [2.05, 4.69) is 15.3 Å². The lowest BCUT2D eigenvalue weighted by molar-refractivity contribution is -0.143. The Kier molecular flexibility index (Phi) is 5.33. The Morgan fingerprint density at radius 1 is 1.22 bits per heavy atom. The molecule has 1 amide bonds. The van der Waals surface area contributed by atoms with Crippen molar-refractivity contribution >= 4 is 5.91 Å². The first kappa shape index (κ1) is 19.1. The van der Waals surface area contributed by atoms with Gasteiger partial charge in [0.05, 0.1) is 18.9 Å². The van der Waals surface area contributed by atoms with Crippen LogP contribution in [0.3, 0.4) is 0 Å². The maximum Gasteiger partial charge on any atom is 0.434 e. The third kappa shape index (κ3) is 3.88. The Labute approximate surface area is 154 Å². The summed E-state index contributed by atoms with van der Waals surface area (Å²) in [5.41, 5.74) is -1.65. The second-order valence-corrected chi connectivity index (χ2v) is 6.46. The molecule has 1 saturated carbocycles. The van der Waals surface area contributed by atoms with Gasteiger partial charge in [0.25, 0.3) is 5.91 Å². The number of nitrogens with zero attached hydrogens (tertiary/aromatic N) is 5. The van der Waals surface area contributed by atoms with Crippen molar-refractivity contribution in [3.05, 3.63) is 29.6 Å². The van der Waals surface area contributed by atoms with E-state index in [9.17, 15) is 18.0 Å². The van der Waals surface area contributed by atoms with Crippen LogP contribution in [0.1, 0.15) is 48.2 Å². The number of alkyl halides is 3. The molecular formula is C17H20F3N5O2. The van der Waals surface area contributed by atoms with Crippen LogP contribution in [0.15, 0.2) is 18.3 Å². The van der Waals surface area contributed by atoms with Crippen molar-refractivity contribution < 1.29 is 22.7 Å². The minimum atomic E-state index is -4.78. The highest BCUT2D eigenvalue weighted by molar-refractivity contribution is 5.95. The summed E-state index contributed by atoms with van der Waals surface area (Å²) in [6.07, 6.45) is 0.765. The molecule has 146 valence electrons. The highest BCUT2D eigenvalue weighted by Crippen LogP contribution is 2.34. The van der Waals surface area contributed by atoms with Gasteiger partial charge in [0.1, 0.15) is 0 Å². The molecule has 1 fully saturated rings. The summed E-state index contributed by atoms with van der Waals surface area (Å²) in [5, 5.41) is 11.1. The number of hydrogen-bond acceptors (Lipinski definition) is 5. The zero-order chi connectivity index (χ0) is 19.6. The Morgan fingerprint density at radius 3 is 2.48 bits per heavy atom. The fourth-order valence-corrected chi connectivity index (χ4v) is 3.31. The molecule has 27 heavy (non-hydrogen) atoms. The average molecular weight is 383 g/mol. The molecule has 0 spiro atoms. The van der Waals surface area contributed by atoms with E-state index in [1.165, 1.54) is 24.1 Å². The number of methoxy groups -OCH3 is 1. The van der Waals surface area contributed by atoms with Gasteiger partial charge in [-0.05, 0) is 18.9 Å². The molecule has 0 unspecified atom stereocenters. The summed E-state index contributed by atoms with van der Waals surface area (Å²) in [5.74, 6) is -0.683. The fraction of sp³-hybridized carbons (Fsp3) is 0.529. The molecule has 2 aromatic rings. The van der Waals surface area contributed by atoms with Crippen LogP contribution in [0.2, 0.25) is 0 Å². The number of amides is 1. The summed E-state index contributed by atoms with van der Waals surface area (Å²) >= 11 is 0. The zero-order valence-corrected chi connectivity index (χ0v) is 15.0. The van der Waals surface area contributed by atoms with Crippen LogP contribution in [0, 0.1) is 0 Å². The topological polar surface area (TPSA) is 73.1 Å². The van der Waals surface area contributed by atoms with Gasteiger partial charge in [-0.1, -0.05) is 19.3 Å². The molecule has 10 heteroatoms. The van der Waals surface area contributed by atoms with Crippen molar-refractivity contribution in [1.82, 2.24) is 24.9 Å². The number of carbonyl (C=O) groups is 1. The van der Waals surface area contributed by atoms with Crippen LogP contribution in [-0.2, 0) is 6.18 Å². The van der Waals surface area contributed by atoms with Crippen LogP contribution in [0.4, 0.5) is 13.2 Å². The first-order valence-corrected chi connectivity index (χ1v) is 8.63. The molecule has 0 bridgehead atoms. The molecule has 2 aromatic heterocycles. The molecule has 3 rings (SSSR count). The van der Waals surface area contributed by atoms with Gasteiger partial charge in [-0.15, -0.1) is 10.2 Å². The number of rotatable bonds is 4. The Balaban J connectivity index is 1.98. The van der Waals surface area contributed by atoms with Gasteiger partial charge in [0.15, 0.2) is 11.5 Å². The number of ether oxygens (including phenoxy) is 1. The molecule has 7 nitrogen and oxygen atoms in total. The quantitative estimate of drug-likeness (QED) is 0.811. The summed E-state index contributed by atoms with van der Waals surface area (Å²) in [4.78, 5) is 14.2. The molecule has 1 aliphatic carbocycles. The molecule has 2 heterocycles. The Hall–Kier alpha value is -2.65. The fourth-order valence-electron chi connectivity index (χ4n) is 3.31. The average Bonchev–Trinajstić information content (AvgIpc) is 3.13. The van der Waals surface area contributed by atoms with Gasteiger partial charge in [0.2, 0.25) is 5.88 Å². The van der Waals surface area contributed by atoms with E-state index in [1.807, 2.05) is 0 Å². The monoisotopic (exact) mass is 383 g/mol. The Bertz CT molecular complexity index is 798. The highest BCUT2D eigenvalue weighted by atomic mass is 19.4. The normalized spacial score (nSPS) is 15.6. The summed E-state index contributed by atoms with van der Waals surface area (Å²) in [7, 11) is 2.92. The smallest absolute Gasteiger partial charge is 0.434 e. The standard InChI is InChI=1S/C17H20F3N5O2/c1-24(11-6-4-3-5-7-11)16(26)12-10-21-25(15(12)17(18,19)20)13-8-9-14(27-2)23-22-13/h8-11H,3-7H2,1-2H3. The minimum Gasteiger partial charge on any atom is -0.480 e. The van der Waals surface area contributed by atoms with Gasteiger partial charge >= 0.3 is 6.18 Å². The molecule has 0 aromatic carbocycles. The Morgan fingerprint density at radius 2 is 1.93 bits per heavy atom. The maximum absolute atomic E-state index is 13.7. The zero-order valence-electron chi connectivity index (χ0n) is 15.0. The number of halogens is 3. The molecule has 0 atom stereocenters. The first-order valence-electron chi connectivity index (χ1n) is 8.63. The lowest BCUT2D eigenvalue weighted by atomic mass is 9.94. The maximum atomic E-state index is 13.7. The van der Waals surface area contributed by atoms with Crippen molar-refractivity contribution in [2.45, 2.75) is 44.3 Å². The molecule has 0 aliphatic heterocycles. The third-order valence-electron chi connectivity index (χ3n) is 4.76.